The average molecular weight is 339 g/mol. The van der Waals surface area contributed by atoms with Gasteiger partial charge in [-0.25, -0.2) is 0 Å². The van der Waals surface area contributed by atoms with Crippen LogP contribution in [0, 0.1) is 6.92 Å². The summed E-state index contributed by atoms with van der Waals surface area (Å²) in [6.07, 6.45) is 1.56. The van der Waals surface area contributed by atoms with Gasteiger partial charge in [-0.05, 0) is 39.0 Å². The Morgan fingerprint density at radius 2 is 2.08 bits per heavy atom. The standard InChI is InChI=1S/C16H19F2N3O3/c1-4-21-10(3)12(9-19-21)20-15(22)11-6-7-13(24-16(17)18)14(8-11)23-5-2/h6-9,16H,4-5H2,1-3H3,(H,20,22). The number of hydrogen-bond donors (Lipinski definition) is 1. The normalized spacial score (nSPS) is 10.8. The first-order valence-corrected chi connectivity index (χ1v) is 7.51. The van der Waals surface area contributed by atoms with E-state index in [2.05, 4.69) is 15.2 Å². The molecule has 24 heavy (non-hydrogen) atoms. The summed E-state index contributed by atoms with van der Waals surface area (Å²) in [5, 5.41) is 6.89. The number of carbonyl (C=O) groups is 1. The maximum Gasteiger partial charge on any atom is 0.387 e. The van der Waals surface area contributed by atoms with Crippen molar-refractivity contribution < 1.29 is 23.0 Å². The van der Waals surface area contributed by atoms with Gasteiger partial charge in [-0.15, -0.1) is 0 Å². The van der Waals surface area contributed by atoms with E-state index in [9.17, 15) is 13.6 Å². The number of alkyl halides is 2. The van der Waals surface area contributed by atoms with Crippen LogP contribution >= 0.6 is 0 Å². The predicted octanol–water partition coefficient (Wildman–Crippen LogP) is 3.46. The molecule has 0 fully saturated rings. The summed E-state index contributed by atoms with van der Waals surface area (Å²) in [5.74, 6) is -0.414. The lowest BCUT2D eigenvalue weighted by Crippen LogP contribution is -2.13. The maximum atomic E-state index is 12.4. The number of ether oxygens (including phenoxy) is 2. The zero-order valence-electron chi connectivity index (χ0n) is 13.7. The Kier molecular flexibility index (Phi) is 5.73. The van der Waals surface area contributed by atoms with Gasteiger partial charge in [-0.1, -0.05) is 0 Å². The van der Waals surface area contributed by atoms with Crippen LogP contribution in [0.3, 0.4) is 0 Å². The number of amides is 1. The summed E-state index contributed by atoms with van der Waals surface area (Å²) in [7, 11) is 0. The number of anilines is 1. The van der Waals surface area contributed by atoms with E-state index in [4.69, 9.17) is 4.74 Å². The van der Waals surface area contributed by atoms with E-state index < -0.39 is 12.5 Å². The van der Waals surface area contributed by atoms with Crippen LogP contribution in [0.1, 0.15) is 29.9 Å². The van der Waals surface area contributed by atoms with Crippen LogP contribution in [0.5, 0.6) is 11.5 Å². The molecule has 0 saturated carbocycles. The molecule has 0 radical (unpaired) electrons. The zero-order chi connectivity index (χ0) is 17.7. The van der Waals surface area contributed by atoms with Crippen molar-refractivity contribution in [3.8, 4) is 11.5 Å². The molecule has 0 atom stereocenters. The minimum absolute atomic E-state index is 0.0893. The number of nitrogens with zero attached hydrogens (tertiary/aromatic N) is 2. The van der Waals surface area contributed by atoms with Gasteiger partial charge in [-0.3, -0.25) is 9.48 Å². The lowest BCUT2D eigenvalue weighted by Gasteiger charge is -2.12. The Labute approximate surface area is 138 Å². The molecule has 0 aliphatic rings. The SMILES string of the molecule is CCOc1cc(C(=O)Nc2cnn(CC)c2C)ccc1OC(F)F. The molecule has 1 N–H and O–H groups in total. The molecule has 0 aliphatic carbocycles. The number of benzene rings is 1. The highest BCUT2D eigenvalue weighted by atomic mass is 19.3. The van der Waals surface area contributed by atoms with E-state index in [0.717, 1.165) is 5.69 Å². The van der Waals surface area contributed by atoms with Gasteiger partial charge in [0.05, 0.1) is 24.2 Å². The third-order valence-electron chi connectivity index (χ3n) is 3.37. The molecule has 1 amide bonds. The van der Waals surface area contributed by atoms with Gasteiger partial charge < -0.3 is 14.8 Å². The Bertz CT molecular complexity index is 717. The van der Waals surface area contributed by atoms with Crippen molar-refractivity contribution in [1.82, 2.24) is 9.78 Å². The second kappa shape index (κ2) is 7.76. The number of aryl methyl sites for hydroxylation is 1. The molecule has 0 saturated heterocycles. The average Bonchev–Trinajstić information content (AvgIpc) is 2.89. The van der Waals surface area contributed by atoms with Crippen molar-refractivity contribution in [3.63, 3.8) is 0 Å². The molecule has 1 aromatic heterocycles. The fourth-order valence-corrected chi connectivity index (χ4v) is 2.19. The summed E-state index contributed by atoms with van der Waals surface area (Å²) >= 11 is 0. The number of halogens is 2. The first-order chi connectivity index (χ1) is 11.5. The first kappa shape index (κ1) is 17.7. The van der Waals surface area contributed by atoms with E-state index in [0.29, 0.717) is 12.2 Å². The molecular formula is C16H19F2N3O3. The summed E-state index contributed by atoms with van der Waals surface area (Å²) < 4.78 is 36.2. The van der Waals surface area contributed by atoms with Crippen molar-refractivity contribution in [2.45, 2.75) is 33.9 Å². The van der Waals surface area contributed by atoms with E-state index in [1.807, 2.05) is 13.8 Å². The number of hydrogen-bond acceptors (Lipinski definition) is 4. The lowest BCUT2D eigenvalue weighted by atomic mass is 10.2. The second-order valence-electron chi connectivity index (χ2n) is 4.89. The van der Waals surface area contributed by atoms with Crippen molar-refractivity contribution in [1.29, 1.82) is 0 Å². The highest BCUT2D eigenvalue weighted by Crippen LogP contribution is 2.30. The van der Waals surface area contributed by atoms with Crippen LogP contribution in [-0.4, -0.2) is 28.9 Å². The lowest BCUT2D eigenvalue weighted by molar-refractivity contribution is -0.0514. The van der Waals surface area contributed by atoms with Crippen molar-refractivity contribution >= 4 is 11.6 Å². The van der Waals surface area contributed by atoms with E-state index >= 15 is 0 Å². The van der Waals surface area contributed by atoms with Gasteiger partial charge in [0.2, 0.25) is 0 Å². The minimum Gasteiger partial charge on any atom is -0.490 e. The second-order valence-corrected chi connectivity index (χ2v) is 4.89. The van der Waals surface area contributed by atoms with Gasteiger partial charge in [0.1, 0.15) is 0 Å². The van der Waals surface area contributed by atoms with Crippen LogP contribution in [0.15, 0.2) is 24.4 Å². The summed E-state index contributed by atoms with van der Waals surface area (Å²) in [6.45, 7) is 3.48. The molecule has 0 spiro atoms. The van der Waals surface area contributed by atoms with Gasteiger partial charge in [0.25, 0.3) is 5.91 Å². The fourth-order valence-electron chi connectivity index (χ4n) is 2.19. The van der Waals surface area contributed by atoms with Crippen molar-refractivity contribution in [2.24, 2.45) is 0 Å². The number of carbonyl (C=O) groups excluding carboxylic acids is 1. The number of aromatic nitrogens is 2. The third-order valence-corrected chi connectivity index (χ3v) is 3.37. The van der Waals surface area contributed by atoms with Gasteiger partial charge in [-0.2, -0.15) is 13.9 Å². The van der Waals surface area contributed by atoms with E-state index in [-0.39, 0.29) is 23.7 Å². The number of rotatable bonds is 7. The third kappa shape index (κ3) is 4.01. The van der Waals surface area contributed by atoms with E-state index in [1.54, 1.807) is 17.8 Å². The molecule has 1 aromatic carbocycles. The molecule has 2 aromatic rings. The maximum absolute atomic E-state index is 12.4. The quantitative estimate of drug-likeness (QED) is 0.839. The number of nitrogens with one attached hydrogen (secondary N) is 1. The molecule has 130 valence electrons. The van der Waals surface area contributed by atoms with Gasteiger partial charge in [0, 0.05) is 12.1 Å². The molecule has 0 aliphatic heterocycles. The van der Waals surface area contributed by atoms with E-state index in [1.165, 1.54) is 18.2 Å². The van der Waals surface area contributed by atoms with Crippen LogP contribution in [0.4, 0.5) is 14.5 Å². The molecule has 0 bridgehead atoms. The van der Waals surface area contributed by atoms with Crippen LogP contribution in [0.2, 0.25) is 0 Å². The minimum atomic E-state index is -2.97. The largest absolute Gasteiger partial charge is 0.490 e. The Hall–Kier alpha value is -2.64. The van der Waals surface area contributed by atoms with Crippen LogP contribution in [0.25, 0.3) is 0 Å². The highest BCUT2D eigenvalue weighted by Gasteiger charge is 2.16. The topological polar surface area (TPSA) is 65.4 Å². The van der Waals surface area contributed by atoms with Crippen molar-refractivity contribution in [3.05, 3.63) is 35.7 Å². The Morgan fingerprint density at radius 3 is 2.67 bits per heavy atom. The molecule has 0 unspecified atom stereocenters. The first-order valence-electron chi connectivity index (χ1n) is 7.51. The smallest absolute Gasteiger partial charge is 0.387 e. The molecule has 8 heteroatoms. The Morgan fingerprint density at radius 1 is 1.33 bits per heavy atom. The zero-order valence-corrected chi connectivity index (χ0v) is 13.7. The van der Waals surface area contributed by atoms with Gasteiger partial charge >= 0.3 is 6.61 Å². The van der Waals surface area contributed by atoms with Crippen LogP contribution in [-0.2, 0) is 6.54 Å². The molecule has 1 heterocycles. The highest BCUT2D eigenvalue weighted by molar-refractivity contribution is 6.04. The summed E-state index contributed by atoms with van der Waals surface area (Å²) in [6, 6.07) is 4.06. The monoisotopic (exact) mass is 339 g/mol. The molecule has 2 rings (SSSR count). The molecular weight excluding hydrogens is 320 g/mol. The predicted molar refractivity (Wildman–Crippen MR) is 84.8 cm³/mol. The summed E-state index contributed by atoms with van der Waals surface area (Å²) in [4.78, 5) is 12.4. The van der Waals surface area contributed by atoms with Gasteiger partial charge in [0.15, 0.2) is 11.5 Å². The van der Waals surface area contributed by atoms with Crippen molar-refractivity contribution in [2.75, 3.05) is 11.9 Å². The van der Waals surface area contributed by atoms with Crippen LogP contribution < -0.4 is 14.8 Å². The fraction of sp³-hybridized carbons (Fsp3) is 0.375. The molecule has 6 nitrogen and oxygen atoms in total. The summed E-state index contributed by atoms with van der Waals surface area (Å²) in [5.41, 5.74) is 1.69. The Balaban J connectivity index is 2.22.